The quantitative estimate of drug-likeness (QED) is 0.667. The molecule has 27 heavy (non-hydrogen) atoms. The van der Waals surface area contributed by atoms with Gasteiger partial charge >= 0.3 is 12.0 Å². The summed E-state index contributed by atoms with van der Waals surface area (Å²) in [5.41, 5.74) is 4.23. The molecule has 0 spiro atoms. The van der Waals surface area contributed by atoms with E-state index in [-0.39, 0.29) is 5.97 Å². The number of ether oxygens (including phenoxy) is 1. The van der Waals surface area contributed by atoms with Gasteiger partial charge in [0.2, 0.25) is 5.82 Å². The van der Waals surface area contributed by atoms with Crippen molar-refractivity contribution < 1.29 is 14.1 Å². The topological polar surface area (TPSA) is 90.1 Å². The van der Waals surface area contributed by atoms with Crippen molar-refractivity contribution in [3.8, 4) is 11.4 Å². The van der Waals surface area contributed by atoms with Crippen LogP contribution >= 0.6 is 0 Å². The van der Waals surface area contributed by atoms with Crippen LogP contribution in [0.25, 0.3) is 11.4 Å². The SMILES string of the molecule is COC(=O)c1ccc(CNc2nc(-c3ccc(C)cc3)no2)nc1C1CC1. The summed E-state index contributed by atoms with van der Waals surface area (Å²) in [5.74, 6) is 0.532. The van der Waals surface area contributed by atoms with Crippen LogP contribution in [0.4, 0.5) is 6.01 Å². The second-order valence-electron chi connectivity index (χ2n) is 6.64. The maximum atomic E-state index is 11.9. The van der Waals surface area contributed by atoms with Gasteiger partial charge < -0.3 is 14.6 Å². The van der Waals surface area contributed by atoms with Crippen molar-refractivity contribution in [2.45, 2.75) is 32.2 Å². The maximum absolute atomic E-state index is 11.9. The molecule has 2 aromatic heterocycles. The summed E-state index contributed by atoms with van der Waals surface area (Å²) in [6.45, 7) is 2.46. The maximum Gasteiger partial charge on any atom is 0.339 e. The number of anilines is 1. The van der Waals surface area contributed by atoms with Gasteiger partial charge in [-0.1, -0.05) is 35.0 Å². The number of aromatic nitrogens is 3. The Labute approximate surface area is 156 Å². The van der Waals surface area contributed by atoms with Crippen molar-refractivity contribution in [3.05, 3.63) is 58.9 Å². The predicted molar refractivity (Wildman–Crippen MR) is 99.3 cm³/mol. The summed E-state index contributed by atoms with van der Waals surface area (Å²) in [7, 11) is 1.38. The van der Waals surface area contributed by atoms with Gasteiger partial charge in [0, 0.05) is 11.5 Å². The van der Waals surface area contributed by atoms with E-state index in [1.165, 1.54) is 12.7 Å². The molecule has 1 aliphatic rings. The van der Waals surface area contributed by atoms with Gasteiger partial charge in [-0.3, -0.25) is 4.98 Å². The monoisotopic (exact) mass is 364 g/mol. The van der Waals surface area contributed by atoms with Gasteiger partial charge in [0.15, 0.2) is 0 Å². The van der Waals surface area contributed by atoms with Crippen LogP contribution in [-0.4, -0.2) is 28.2 Å². The molecule has 1 N–H and O–H groups in total. The van der Waals surface area contributed by atoms with E-state index in [4.69, 9.17) is 9.26 Å². The molecule has 4 rings (SSSR count). The van der Waals surface area contributed by atoms with Crippen LogP contribution in [0.5, 0.6) is 0 Å². The van der Waals surface area contributed by atoms with Gasteiger partial charge in [-0.25, -0.2) is 4.79 Å². The fourth-order valence-electron chi connectivity index (χ4n) is 2.85. The van der Waals surface area contributed by atoms with E-state index in [0.717, 1.165) is 29.8 Å². The highest BCUT2D eigenvalue weighted by molar-refractivity contribution is 5.90. The second kappa shape index (κ2) is 7.19. The summed E-state index contributed by atoms with van der Waals surface area (Å²) in [6.07, 6.45) is 2.11. The summed E-state index contributed by atoms with van der Waals surface area (Å²) >= 11 is 0. The van der Waals surface area contributed by atoms with E-state index < -0.39 is 0 Å². The normalized spacial score (nSPS) is 13.4. The Bertz CT molecular complexity index is 962. The fourth-order valence-corrected chi connectivity index (χ4v) is 2.85. The highest BCUT2D eigenvalue weighted by Gasteiger charge is 2.30. The number of pyridine rings is 1. The molecule has 3 aromatic rings. The van der Waals surface area contributed by atoms with Crippen molar-refractivity contribution in [1.82, 2.24) is 15.1 Å². The standard InChI is InChI=1S/C20H20N4O3/c1-12-3-5-14(6-4-12)18-23-20(27-24-18)21-11-15-9-10-16(19(25)26-2)17(22-15)13-7-8-13/h3-6,9-10,13H,7-8,11H2,1-2H3,(H,21,23,24). The first kappa shape index (κ1) is 17.2. The third kappa shape index (κ3) is 3.81. The minimum Gasteiger partial charge on any atom is -0.465 e. The Kier molecular flexibility index (Phi) is 4.58. The minimum atomic E-state index is -0.344. The first-order valence-corrected chi connectivity index (χ1v) is 8.87. The van der Waals surface area contributed by atoms with E-state index >= 15 is 0 Å². The lowest BCUT2D eigenvalue weighted by molar-refractivity contribution is 0.0598. The molecule has 0 radical (unpaired) electrons. The summed E-state index contributed by atoms with van der Waals surface area (Å²) in [5, 5.41) is 7.10. The lowest BCUT2D eigenvalue weighted by Gasteiger charge is -2.09. The van der Waals surface area contributed by atoms with Crippen molar-refractivity contribution >= 4 is 12.0 Å². The average Bonchev–Trinajstić information content (AvgIpc) is 3.44. The largest absolute Gasteiger partial charge is 0.465 e. The molecule has 0 aliphatic heterocycles. The van der Waals surface area contributed by atoms with Gasteiger partial charge in [-0.15, -0.1) is 0 Å². The van der Waals surface area contributed by atoms with E-state index in [1.54, 1.807) is 6.07 Å². The van der Waals surface area contributed by atoms with Crippen LogP contribution in [-0.2, 0) is 11.3 Å². The zero-order chi connectivity index (χ0) is 18.8. The highest BCUT2D eigenvalue weighted by Crippen LogP contribution is 2.40. The van der Waals surface area contributed by atoms with Crippen LogP contribution < -0.4 is 5.32 Å². The summed E-state index contributed by atoms with van der Waals surface area (Å²) < 4.78 is 10.1. The Morgan fingerprint density at radius 3 is 2.67 bits per heavy atom. The molecule has 1 saturated carbocycles. The zero-order valence-corrected chi connectivity index (χ0v) is 15.2. The van der Waals surface area contributed by atoms with Gasteiger partial charge in [0.05, 0.1) is 30.6 Å². The zero-order valence-electron chi connectivity index (χ0n) is 15.2. The number of methoxy groups -OCH3 is 1. The number of hydrogen-bond acceptors (Lipinski definition) is 7. The van der Waals surface area contributed by atoms with Crippen LogP contribution in [0.1, 0.15) is 46.1 Å². The van der Waals surface area contributed by atoms with Crippen molar-refractivity contribution in [2.24, 2.45) is 0 Å². The Balaban J connectivity index is 1.47. The van der Waals surface area contributed by atoms with E-state index in [0.29, 0.717) is 29.9 Å². The molecule has 0 saturated heterocycles. The molecular formula is C20H20N4O3. The summed E-state index contributed by atoms with van der Waals surface area (Å²) in [4.78, 5) is 20.9. The van der Waals surface area contributed by atoms with Gasteiger partial charge in [0.1, 0.15) is 0 Å². The van der Waals surface area contributed by atoms with Gasteiger partial charge in [0.25, 0.3) is 0 Å². The lowest BCUT2D eigenvalue weighted by Crippen LogP contribution is -2.10. The number of esters is 1. The molecule has 138 valence electrons. The number of nitrogens with one attached hydrogen (secondary N) is 1. The second-order valence-corrected chi connectivity index (χ2v) is 6.64. The number of benzene rings is 1. The number of carbonyl (C=O) groups excluding carboxylic acids is 1. The molecule has 0 unspecified atom stereocenters. The Hall–Kier alpha value is -3.22. The molecule has 1 fully saturated rings. The van der Waals surface area contributed by atoms with Crippen LogP contribution in [0, 0.1) is 6.92 Å². The van der Waals surface area contributed by atoms with E-state index in [1.807, 2.05) is 37.3 Å². The number of carbonyl (C=O) groups is 1. The molecule has 0 atom stereocenters. The third-order valence-corrected chi connectivity index (χ3v) is 4.51. The van der Waals surface area contributed by atoms with E-state index in [2.05, 4.69) is 20.4 Å². The lowest BCUT2D eigenvalue weighted by atomic mass is 10.1. The first-order valence-electron chi connectivity index (χ1n) is 8.87. The van der Waals surface area contributed by atoms with Gasteiger partial charge in [-0.05, 0) is 31.9 Å². The first-order chi connectivity index (χ1) is 13.1. The number of hydrogen-bond donors (Lipinski definition) is 1. The van der Waals surface area contributed by atoms with Crippen molar-refractivity contribution in [1.29, 1.82) is 0 Å². The van der Waals surface area contributed by atoms with Crippen LogP contribution in [0.3, 0.4) is 0 Å². The minimum absolute atomic E-state index is 0.331. The van der Waals surface area contributed by atoms with Crippen molar-refractivity contribution in [3.63, 3.8) is 0 Å². The van der Waals surface area contributed by atoms with Gasteiger partial charge in [-0.2, -0.15) is 4.98 Å². The van der Waals surface area contributed by atoms with Crippen LogP contribution in [0.15, 0.2) is 40.9 Å². The molecular weight excluding hydrogens is 344 g/mol. The molecule has 7 heteroatoms. The number of rotatable bonds is 6. The molecule has 0 amide bonds. The van der Waals surface area contributed by atoms with Crippen molar-refractivity contribution in [2.75, 3.05) is 12.4 Å². The predicted octanol–water partition coefficient (Wildman–Crippen LogP) is 3.72. The number of nitrogens with zero attached hydrogens (tertiary/aromatic N) is 3. The highest BCUT2D eigenvalue weighted by atomic mass is 16.5. The Morgan fingerprint density at radius 2 is 1.96 bits per heavy atom. The fraction of sp³-hybridized carbons (Fsp3) is 0.300. The molecule has 1 aromatic carbocycles. The summed E-state index contributed by atoms with van der Waals surface area (Å²) in [6, 6.07) is 11.8. The van der Waals surface area contributed by atoms with E-state index in [9.17, 15) is 4.79 Å². The molecule has 7 nitrogen and oxygen atoms in total. The molecule has 0 bridgehead atoms. The Morgan fingerprint density at radius 1 is 1.19 bits per heavy atom. The number of aryl methyl sites for hydroxylation is 1. The van der Waals surface area contributed by atoms with Crippen LogP contribution in [0.2, 0.25) is 0 Å². The third-order valence-electron chi connectivity index (χ3n) is 4.51. The molecule has 1 aliphatic carbocycles. The smallest absolute Gasteiger partial charge is 0.339 e. The molecule has 2 heterocycles. The average molecular weight is 364 g/mol.